The Morgan fingerprint density at radius 3 is 2.67 bits per heavy atom. The van der Waals surface area contributed by atoms with Gasteiger partial charge in [-0.05, 0) is 0 Å². The van der Waals surface area contributed by atoms with Gasteiger partial charge in [0, 0.05) is 27.1 Å². The molecule has 1 atom stereocenters. The third-order valence-electron chi connectivity index (χ3n) is 0.995. The van der Waals surface area contributed by atoms with E-state index in [4.69, 9.17) is 10.8 Å². The fourth-order valence-corrected chi connectivity index (χ4v) is 0.376. The molecule has 0 aliphatic heterocycles. The van der Waals surface area contributed by atoms with Gasteiger partial charge in [0.15, 0.2) is 0 Å². The van der Waals surface area contributed by atoms with Gasteiger partial charge in [0.25, 0.3) is 0 Å². The second-order valence-corrected chi connectivity index (χ2v) is 1.90. The quantitative estimate of drug-likeness (QED) is 0.425. The maximum Gasteiger partial charge on any atom is 0.221 e. The smallest absolute Gasteiger partial charge is 0.221 e. The van der Waals surface area contributed by atoms with Crippen LogP contribution in [0.15, 0.2) is 0 Å². The molecule has 1 unspecified atom stereocenters. The first kappa shape index (κ1) is 8.84. The van der Waals surface area contributed by atoms with E-state index in [0.717, 1.165) is 0 Å². The minimum absolute atomic E-state index is 0.486. The van der Waals surface area contributed by atoms with Crippen molar-refractivity contribution >= 4 is 0 Å². The van der Waals surface area contributed by atoms with Gasteiger partial charge in [-0.3, -0.25) is 5.32 Å². The summed E-state index contributed by atoms with van der Waals surface area (Å²) < 4.78 is 4.63. The van der Waals surface area contributed by atoms with Crippen LogP contribution in [-0.4, -0.2) is 31.2 Å². The Kier molecular flexibility index (Phi) is 3.72. The molecule has 0 radical (unpaired) electrons. The molecule has 0 aliphatic rings. The summed E-state index contributed by atoms with van der Waals surface area (Å²) in [6.07, 6.45) is 0. The lowest BCUT2D eigenvalue weighted by molar-refractivity contribution is -0.192. The SMILES string of the molecule is COC(C)(O)NCCN. The molecule has 0 bridgehead atoms. The largest absolute Gasteiger partial charge is 0.354 e. The minimum atomic E-state index is -1.24. The van der Waals surface area contributed by atoms with Crippen LogP contribution < -0.4 is 11.1 Å². The number of nitrogens with two attached hydrogens (primary N) is 1. The summed E-state index contributed by atoms with van der Waals surface area (Å²) in [6.45, 7) is 2.54. The lowest BCUT2D eigenvalue weighted by atomic mass is 10.5. The predicted molar refractivity (Wildman–Crippen MR) is 34.7 cm³/mol. The highest BCUT2D eigenvalue weighted by atomic mass is 16.6. The number of hydrogen-bond acceptors (Lipinski definition) is 4. The molecule has 4 heteroatoms. The predicted octanol–water partition coefficient (Wildman–Crippen LogP) is -1.15. The van der Waals surface area contributed by atoms with Gasteiger partial charge in [0.1, 0.15) is 0 Å². The second kappa shape index (κ2) is 3.79. The number of methoxy groups -OCH3 is 1. The van der Waals surface area contributed by atoms with Crippen LogP contribution in [0.3, 0.4) is 0 Å². The molecule has 56 valence electrons. The topological polar surface area (TPSA) is 67.5 Å². The summed E-state index contributed by atoms with van der Waals surface area (Å²) in [6, 6.07) is 0. The highest BCUT2D eigenvalue weighted by molar-refractivity contribution is 4.55. The molecule has 0 saturated heterocycles. The van der Waals surface area contributed by atoms with Crippen molar-refractivity contribution in [1.82, 2.24) is 5.32 Å². The first-order valence-electron chi connectivity index (χ1n) is 2.85. The second-order valence-electron chi connectivity index (χ2n) is 1.90. The van der Waals surface area contributed by atoms with Gasteiger partial charge < -0.3 is 15.6 Å². The van der Waals surface area contributed by atoms with E-state index in [1.54, 1.807) is 0 Å². The molecule has 0 heterocycles. The average molecular weight is 134 g/mol. The van der Waals surface area contributed by atoms with Gasteiger partial charge in [-0.25, -0.2) is 0 Å². The number of rotatable bonds is 4. The van der Waals surface area contributed by atoms with Crippen LogP contribution in [0.1, 0.15) is 6.92 Å². The van der Waals surface area contributed by atoms with E-state index < -0.39 is 5.91 Å². The summed E-state index contributed by atoms with van der Waals surface area (Å²) in [5, 5.41) is 11.7. The van der Waals surface area contributed by atoms with E-state index in [1.165, 1.54) is 14.0 Å². The molecule has 0 aromatic heterocycles. The lowest BCUT2D eigenvalue weighted by Gasteiger charge is -2.21. The maximum absolute atomic E-state index is 9.07. The summed E-state index contributed by atoms with van der Waals surface area (Å²) in [7, 11) is 1.42. The fraction of sp³-hybridized carbons (Fsp3) is 1.00. The van der Waals surface area contributed by atoms with Crippen LogP contribution in [0.2, 0.25) is 0 Å². The van der Waals surface area contributed by atoms with E-state index in [1.807, 2.05) is 0 Å². The zero-order chi connectivity index (χ0) is 7.33. The van der Waals surface area contributed by atoms with Crippen molar-refractivity contribution in [3.8, 4) is 0 Å². The van der Waals surface area contributed by atoms with Gasteiger partial charge in [-0.2, -0.15) is 0 Å². The van der Waals surface area contributed by atoms with Crippen molar-refractivity contribution in [3.63, 3.8) is 0 Å². The minimum Gasteiger partial charge on any atom is -0.354 e. The average Bonchev–Trinajstić information content (AvgIpc) is 1.84. The fourth-order valence-electron chi connectivity index (χ4n) is 0.376. The van der Waals surface area contributed by atoms with Crippen LogP contribution in [0.5, 0.6) is 0 Å². The summed E-state index contributed by atoms with van der Waals surface area (Å²) >= 11 is 0. The Labute approximate surface area is 55.0 Å². The third kappa shape index (κ3) is 4.35. The van der Waals surface area contributed by atoms with Crippen molar-refractivity contribution in [2.24, 2.45) is 5.73 Å². The molecule has 0 aromatic rings. The third-order valence-corrected chi connectivity index (χ3v) is 0.995. The van der Waals surface area contributed by atoms with E-state index in [-0.39, 0.29) is 0 Å². The Balaban J connectivity index is 3.33. The van der Waals surface area contributed by atoms with Crippen molar-refractivity contribution < 1.29 is 9.84 Å². The lowest BCUT2D eigenvalue weighted by Crippen LogP contribution is -2.45. The molecular formula is C5H14N2O2. The zero-order valence-corrected chi connectivity index (χ0v) is 5.85. The Hall–Kier alpha value is -0.160. The van der Waals surface area contributed by atoms with Gasteiger partial charge in [-0.15, -0.1) is 0 Å². The first-order valence-corrected chi connectivity index (χ1v) is 2.85. The van der Waals surface area contributed by atoms with Crippen molar-refractivity contribution in [2.45, 2.75) is 12.8 Å². The Morgan fingerprint density at radius 1 is 1.78 bits per heavy atom. The molecule has 0 rings (SSSR count). The molecule has 0 saturated carbocycles. The number of ether oxygens (including phenoxy) is 1. The van der Waals surface area contributed by atoms with Crippen LogP contribution in [0.4, 0.5) is 0 Å². The molecule has 0 amide bonds. The highest BCUT2D eigenvalue weighted by Crippen LogP contribution is 1.95. The number of hydrogen-bond donors (Lipinski definition) is 3. The van der Waals surface area contributed by atoms with Crippen molar-refractivity contribution in [1.29, 1.82) is 0 Å². The van der Waals surface area contributed by atoms with Gasteiger partial charge >= 0.3 is 0 Å². The van der Waals surface area contributed by atoms with Crippen molar-refractivity contribution in [3.05, 3.63) is 0 Å². The van der Waals surface area contributed by atoms with E-state index in [2.05, 4.69) is 10.1 Å². The standard InChI is InChI=1S/C5H14N2O2/c1-5(8,9-2)7-4-3-6/h7-8H,3-4,6H2,1-2H3. The van der Waals surface area contributed by atoms with Crippen LogP contribution >= 0.6 is 0 Å². The van der Waals surface area contributed by atoms with E-state index >= 15 is 0 Å². The molecule has 0 spiro atoms. The van der Waals surface area contributed by atoms with Crippen LogP contribution in [0, 0.1) is 0 Å². The Morgan fingerprint density at radius 2 is 2.33 bits per heavy atom. The molecule has 9 heavy (non-hydrogen) atoms. The van der Waals surface area contributed by atoms with Crippen molar-refractivity contribution in [2.75, 3.05) is 20.2 Å². The maximum atomic E-state index is 9.07. The monoisotopic (exact) mass is 134 g/mol. The van der Waals surface area contributed by atoms with E-state index in [9.17, 15) is 0 Å². The number of aliphatic hydroxyl groups is 1. The molecule has 0 fully saturated rings. The summed E-state index contributed by atoms with van der Waals surface area (Å²) in [4.78, 5) is 0. The molecular weight excluding hydrogens is 120 g/mol. The number of nitrogens with one attached hydrogen (secondary N) is 1. The van der Waals surface area contributed by atoms with Gasteiger partial charge in [-0.1, -0.05) is 0 Å². The van der Waals surface area contributed by atoms with Gasteiger partial charge in [0.05, 0.1) is 0 Å². The van der Waals surface area contributed by atoms with Gasteiger partial charge in [0.2, 0.25) is 5.91 Å². The molecule has 4 N–H and O–H groups in total. The van der Waals surface area contributed by atoms with E-state index in [0.29, 0.717) is 13.1 Å². The highest BCUT2D eigenvalue weighted by Gasteiger charge is 2.15. The summed E-state index contributed by atoms with van der Waals surface area (Å²) in [5.74, 6) is -1.24. The molecule has 0 aliphatic carbocycles. The zero-order valence-electron chi connectivity index (χ0n) is 5.85. The molecule has 0 aromatic carbocycles. The van der Waals surface area contributed by atoms with Crippen LogP contribution in [-0.2, 0) is 4.74 Å². The molecule has 4 nitrogen and oxygen atoms in total. The summed E-state index contributed by atoms with van der Waals surface area (Å²) in [5.41, 5.74) is 5.16. The first-order chi connectivity index (χ1) is 4.12. The van der Waals surface area contributed by atoms with Crippen LogP contribution in [0.25, 0.3) is 0 Å². The Bertz CT molecular complexity index is 75.4. The normalized spacial score (nSPS) is 17.3.